The van der Waals surface area contributed by atoms with Gasteiger partial charge in [0.15, 0.2) is 15.3 Å². The molecule has 3 saturated heterocycles. The van der Waals surface area contributed by atoms with Gasteiger partial charge in [-0.1, -0.05) is 109 Å². The van der Waals surface area contributed by atoms with Gasteiger partial charge in [0.05, 0.1) is 126 Å². The Morgan fingerprint density at radius 2 is 0.787 bits per heavy atom. The van der Waals surface area contributed by atoms with Gasteiger partial charge in [-0.05, 0) is 166 Å². The highest BCUT2D eigenvalue weighted by atomic mass is 79.9. The fraction of sp³-hybridized carbons (Fsp3) is 0.402. The summed E-state index contributed by atoms with van der Waals surface area (Å²) >= 11 is 45.9. The van der Waals surface area contributed by atoms with Gasteiger partial charge in [-0.2, -0.15) is 9.59 Å². The maximum absolute atomic E-state index is 14.7. The lowest BCUT2D eigenvalue weighted by atomic mass is 9.66. The summed E-state index contributed by atoms with van der Waals surface area (Å²) in [6.07, 6.45) is 10.1. The molecule has 632 valence electrons. The van der Waals surface area contributed by atoms with Crippen molar-refractivity contribution in [2.75, 3.05) is 39.6 Å². The maximum atomic E-state index is 14.7. The highest BCUT2D eigenvalue weighted by molar-refractivity contribution is 9.11. The first kappa shape index (κ1) is 86.5. The lowest BCUT2D eigenvalue weighted by Gasteiger charge is -2.50. The number of nitrogens with zero attached hydrogens (tertiary/aromatic N) is 8. The molecule has 21 rings (SSSR count). The normalized spacial score (nSPS) is 24.5. The van der Waals surface area contributed by atoms with E-state index in [-0.39, 0.29) is 83.6 Å². The van der Waals surface area contributed by atoms with Crippen molar-refractivity contribution in [3.63, 3.8) is 0 Å². The van der Waals surface area contributed by atoms with Gasteiger partial charge in [0, 0.05) is 96.0 Å². The fourth-order valence-corrected chi connectivity index (χ4v) is 23.1. The predicted molar refractivity (Wildman–Crippen MR) is 455 cm³/mol. The number of rotatable bonds is 17. The molecule has 0 amide bonds. The highest BCUT2D eigenvalue weighted by Gasteiger charge is 2.57. The van der Waals surface area contributed by atoms with Gasteiger partial charge in [0.25, 0.3) is 0 Å². The number of thiazole rings is 3. The van der Waals surface area contributed by atoms with Gasteiger partial charge < -0.3 is 52.2 Å². The number of fused-ring (bicyclic) bond motifs is 9. The number of carbonyl (C=O) groups excluding carboxylic acids is 3. The summed E-state index contributed by atoms with van der Waals surface area (Å²) in [4.78, 5) is 48.0. The van der Waals surface area contributed by atoms with E-state index in [0.717, 1.165) is 77.2 Å². The lowest BCUT2D eigenvalue weighted by Crippen LogP contribution is -2.55. The number of hydrogen-bond donors (Lipinski definition) is 2. The van der Waals surface area contributed by atoms with Crippen LogP contribution in [0.25, 0.3) is 74.1 Å². The van der Waals surface area contributed by atoms with Crippen LogP contribution < -0.4 is 0 Å². The Morgan fingerprint density at radius 3 is 1.15 bits per heavy atom. The minimum absolute atomic E-state index is 0.0353. The second-order valence-corrected chi connectivity index (χ2v) is 38.6. The van der Waals surface area contributed by atoms with E-state index in [4.69, 9.17) is 134 Å². The summed E-state index contributed by atoms with van der Waals surface area (Å²) in [6.45, 7) is 17.5. The Morgan fingerprint density at radius 1 is 0.459 bits per heavy atom. The fourth-order valence-electron chi connectivity index (χ4n) is 17.4. The van der Waals surface area contributed by atoms with Crippen molar-refractivity contribution in [3.05, 3.63) is 215 Å². The Kier molecular flexibility index (Phi) is 26.0. The van der Waals surface area contributed by atoms with Crippen molar-refractivity contribution >= 4 is 174 Å². The first-order valence-corrected chi connectivity index (χ1v) is 45.0. The number of aliphatic hydroxyl groups is 2. The molecule has 9 heterocycles. The first-order chi connectivity index (χ1) is 59.0. The molecule has 6 aliphatic carbocycles. The molecule has 2 N–H and O–H groups in total. The summed E-state index contributed by atoms with van der Waals surface area (Å²) in [6, 6.07) is 26.7. The Balaban J connectivity index is 0.000000120. The molecule has 6 unspecified atom stereocenters. The molecule has 6 atom stereocenters. The zero-order valence-electron chi connectivity index (χ0n) is 64.4. The molecule has 6 saturated carbocycles. The van der Waals surface area contributed by atoms with Crippen molar-refractivity contribution in [2.24, 2.45) is 35.5 Å². The van der Waals surface area contributed by atoms with Gasteiger partial charge in [-0.3, -0.25) is 4.79 Å². The number of Topliss-reactive ketones (excluding diaryl/α,β-unsaturated/α-hetero) is 1. The Labute approximate surface area is 746 Å². The predicted octanol–water partition coefficient (Wildman–Crippen LogP) is 23.0. The molecule has 6 aromatic heterocycles. The third-order valence-electron chi connectivity index (χ3n) is 23.9. The van der Waals surface area contributed by atoms with Crippen molar-refractivity contribution in [1.29, 1.82) is 0 Å². The van der Waals surface area contributed by atoms with Gasteiger partial charge in [0.2, 0.25) is 0 Å². The number of hydrogen-bond acceptors (Lipinski definition) is 23. The number of halogens is 10. The molecule has 9 aliphatic rings. The van der Waals surface area contributed by atoms with Crippen LogP contribution in [0.2, 0.25) is 30.1 Å². The molecule has 22 nitrogen and oxygen atoms in total. The van der Waals surface area contributed by atoms with Gasteiger partial charge >= 0.3 is 6.15 Å². The minimum atomic E-state index is -1.26. The molecule has 12 aromatic rings. The molecule has 0 radical (unpaired) electrons. The third kappa shape index (κ3) is 17.6. The van der Waals surface area contributed by atoms with Crippen LogP contribution in [-0.2, 0) is 73.8 Å². The van der Waals surface area contributed by atoms with Crippen LogP contribution >= 0.6 is 120 Å². The molecular formula is C87H72BrCl6F3N8O14S3. The van der Waals surface area contributed by atoms with Crippen molar-refractivity contribution in [2.45, 2.75) is 144 Å². The van der Waals surface area contributed by atoms with Gasteiger partial charge in [-0.15, -0.1) is 34.0 Å². The van der Waals surface area contributed by atoms with E-state index in [1.807, 2.05) is 12.1 Å². The summed E-state index contributed by atoms with van der Waals surface area (Å²) < 4.78 is 98.6. The van der Waals surface area contributed by atoms with E-state index >= 15 is 0 Å². The van der Waals surface area contributed by atoms with Crippen LogP contribution in [0.1, 0.15) is 139 Å². The van der Waals surface area contributed by atoms with Gasteiger partial charge in [0.1, 0.15) is 95.4 Å². The average molecular weight is 1900 g/mol. The summed E-state index contributed by atoms with van der Waals surface area (Å²) in [5.74, 6) is 1.46. The van der Waals surface area contributed by atoms with Crippen LogP contribution in [0.5, 0.6) is 0 Å². The van der Waals surface area contributed by atoms with Crippen molar-refractivity contribution < 1.29 is 79.8 Å². The number of carbonyl (C=O) groups is 1. The molecule has 6 aromatic carbocycles. The highest BCUT2D eigenvalue weighted by Crippen LogP contribution is 2.56. The molecule has 122 heavy (non-hydrogen) atoms. The quantitative estimate of drug-likeness (QED) is 0.0802. The third-order valence-corrected chi connectivity index (χ3v) is 29.6. The average Bonchev–Trinajstić information content (AvgIpc) is 1.73. The number of ketones is 1. The lowest BCUT2D eigenvalue weighted by molar-refractivity contribution is -0.209. The first-order valence-electron chi connectivity index (χ1n) is 39.5. The number of benzene rings is 6. The van der Waals surface area contributed by atoms with E-state index < -0.39 is 22.8 Å². The topological polar surface area (TPSA) is 273 Å². The molecule has 3 aliphatic heterocycles. The maximum Gasteiger partial charge on any atom is 0.373 e. The number of aromatic nitrogens is 6. The van der Waals surface area contributed by atoms with Crippen LogP contribution in [0.15, 0.2) is 115 Å². The molecule has 9 fully saturated rings. The van der Waals surface area contributed by atoms with E-state index in [1.54, 1.807) is 66.7 Å². The van der Waals surface area contributed by atoms with Gasteiger partial charge in [-0.25, -0.2) is 37.8 Å². The number of ether oxygens (including phenoxy) is 6. The van der Waals surface area contributed by atoms with Crippen LogP contribution in [0, 0.1) is 66.1 Å². The smallest absolute Gasteiger partial charge is 0.373 e. The largest absolute Gasteiger partial charge is 0.382 e. The van der Waals surface area contributed by atoms with Crippen molar-refractivity contribution in [3.8, 4) is 33.8 Å². The second kappa shape index (κ2) is 36.7. The summed E-state index contributed by atoms with van der Waals surface area (Å²) in [5.41, 5.74) is 5.40. The zero-order valence-corrected chi connectivity index (χ0v) is 73.0. The summed E-state index contributed by atoms with van der Waals surface area (Å²) in [7, 11) is 0. The van der Waals surface area contributed by atoms with E-state index in [2.05, 4.69) is 56.0 Å². The SMILES string of the molecule is O=C1C2COCC1CC(OCc1c(-c3c(Cl)cccc3Cl)noc1C1CC1)C2.O=C=O.OC1(c2nc3c(F)cccc3s2)C2COCC1CC(OCc1c(-c3c(Cl)cccc3Cl)noc1C1CC1)C2.[C-]#[N+]c1cc(F)c2nc(Br)sc2c1.[C-]#[N+]c1cc(F)c2nc(C3(O)C4COCC3CC(OCc3c(-c5c(Cl)cccc5Cl)noc3C3CC3)C4)sc2c1. The van der Waals surface area contributed by atoms with E-state index in [0.29, 0.717) is 219 Å². The standard InChI is InChI=1S/C29H24Cl2FN3O4S.C28H25Cl2FN2O4S.C21H21Cl2NO4.C8H2BrFN2S.CO2/c1-33-17-9-22(32)26-23(10-17)40-28(34-26)29(36)15-7-18(8-16(29)12-37-11-15)38-13-19-25(35-39-27(19)14-5-6-14)24-20(30)3-2-4-21(24)31;29-19-3-1-4-20(30)23(19)24-18(26(37-33-24)14-7-8-14)13-36-17-9-15-11-35-12-16(10-17)28(15,34)27-32-25-21(31)5-2-6-22(25)38-27;22-16-2-1-3-17(23)18(16)19-15(21(28-24-19)11-4-5-11)10-27-14-6-12-8-26-9-13(7-14)20(12)25;1-11-4-2-5(10)7-6(3-4)13-8(9)12-7;2-1-3/h2-4,9-10,14-16,18,36H,5-8,11-13H2;1-6,14-17,34H,7-13H2;1-3,11-14H,4-10H2;2-3H;. The van der Waals surface area contributed by atoms with E-state index in [1.165, 1.54) is 52.2 Å². The molecule has 6 bridgehead atoms. The van der Waals surface area contributed by atoms with E-state index in [9.17, 15) is 28.2 Å². The van der Waals surface area contributed by atoms with Crippen LogP contribution in [0.3, 0.4) is 0 Å². The van der Waals surface area contributed by atoms with Crippen LogP contribution in [0.4, 0.5) is 24.5 Å². The summed E-state index contributed by atoms with van der Waals surface area (Å²) in [5, 5.41) is 41.2. The Bertz CT molecular complexity index is 5990. The van der Waals surface area contributed by atoms with Crippen LogP contribution in [-0.4, -0.2) is 111 Å². The second-order valence-electron chi connectivity index (χ2n) is 31.7. The minimum Gasteiger partial charge on any atom is -0.382 e. The molecule has 35 heteroatoms. The number of para-hydroxylation sites is 1. The molecule has 0 spiro atoms. The zero-order chi connectivity index (χ0) is 85.0. The molecular weight excluding hydrogens is 1830 g/mol. The Hall–Kier alpha value is -7.66. The monoisotopic (exact) mass is 1890 g/mol. The van der Waals surface area contributed by atoms with Crippen molar-refractivity contribution in [1.82, 2.24) is 30.4 Å².